The monoisotopic (exact) mass is 389 g/mol. The number of nitrogens with zero attached hydrogens (tertiary/aromatic N) is 4. The van der Waals surface area contributed by atoms with E-state index in [1.807, 2.05) is 24.3 Å². The number of ether oxygens (including phenoxy) is 1. The number of methoxy groups -OCH3 is 1. The van der Waals surface area contributed by atoms with Gasteiger partial charge in [0.05, 0.1) is 24.3 Å². The summed E-state index contributed by atoms with van der Waals surface area (Å²) < 4.78 is 10.8. The number of amides is 2. The first-order chi connectivity index (χ1) is 14.2. The summed E-state index contributed by atoms with van der Waals surface area (Å²) in [6.07, 6.45) is 1.57. The zero-order chi connectivity index (χ0) is 20.2. The highest BCUT2D eigenvalue weighted by atomic mass is 16.5. The van der Waals surface area contributed by atoms with Crippen molar-refractivity contribution in [2.75, 3.05) is 19.0 Å². The Balaban J connectivity index is 1.53. The molecule has 0 radical (unpaired) electrons. The van der Waals surface area contributed by atoms with Crippen molar-refractivity contribution in [2.24, 2.45) is 0 Å². The molecule has 146 valence electrons. The smallest absolute Gasteiger partial charge is 0.322 e. The largest absolute Gasteiger partial charge is 0.496 e. The molecule has 2 aromatic carbocycles. The number of aromatic nitrogens is 2. The van der Waals surface area contributed by atoms with Gasteiger partial charge in [-0.15, -0.1) is 0 Å². The summed E-state index contributed by atoms with van der Waals surface area (Å²) in [6.45, 7) is 0.584. The number of anilines is 1. The zero-order valence-corrected chi connectivity index (χ0v) is 15.8. The van der Waals surface area contributed by atoms with Crippen LogP contribution in [0.3, 0.4) is 0 Å². The van der Waals surface area contributed by atoms with Gasteiger partial charge in [-0.1, -0.05) is 23.4 Å². The van der Waals surface area contributed by atoms with Crippen molar-refractivity contribution < 1.29 is 14.1 Å². The lowest BCUT2D eigenvalue weighted by Gasteiger charge is -2.22. The Kier molecular flexibility index (Phi) is 5.12. The number of para-hydroxylation sites is 1. The molecule has 0 aliphatic carbocycles. The molecular formula is C21H19N5O3. The molecule has 2 heterocycles. The van der Waals surface area contributed by atoms with Gasteiger partial charge < -0.3 is 19.5 Å². The highest BCUT2D eigenvalue weighted by Gasteiger charge is 2.34. The van der Waals surface area contributed by atoms with Crippen molar-refractivity contribution >= 4 is 11.7 Å². The molecule has 3 aromatic rings. The van der Waals surface area contributed by atoms with Gasteiger partial charge in [-0.2, -0.15) is 10.2 Å². The topological polar surface area (TPSA) is 104 Å². The van der Waals surface area contributed by atoms with Crippen molar-refractivity contribution in [1.82, 2.24) is 15.0 Å². The van der Waals surface area contributed by atoms with E-state index in [0.29, 0.717) is 35.3 Å². The molecule has 4 rings (SSSR count). The van der Waals surface area contributed by atoms with E-state index in [1.165, 1.54) is 0 Å². The lowest BCUT2D eigenvalue weighted by atomic mass is 10.2. The Morgan fingerprint density at radius 3 is 3.00 bits per heavy atom. The minimum absolute atomic E-state index is 0.264. The summed E-state index contributed by atoms with van der Waals surface area (Å²) >= 11 is 0. The first-order valence-corrected chi connectivity index (χ1v) is 9.24. The summed E-state index contributed by atoms with van der Waals surface area (Å²) in [5.41, 5.74) is 1.78. The fourth-order valence-corrected chi connectivity index (χ4v) is 3.44. The van der Waals surface area contributed by atoms with Gasteiger partial charge >= 0.3 is 6.03 Å². The molecule has 1 saturated heterocycles. The first kappa shape index (κ1) is 18.5. The molecule has 1 atom stereocenters. The van der Waals surface area contributed by atoms with Gasteiger partial charge in [0, 0.05) is 12.2 Å². The highest BCUT2D eigenvalue weighted by Crippen LogP contribution is 2.34. The fourth-order valence-electron chi connectivity index (χ4n) is 3.44. The molecule has 1 aromatic heterocycles. The first-order valence-electron chi connectivity index (χ1n) is 9.24. The van der Waals surface area contributed by atoms with E-state index in [0.717, 1.165) is 18.4 Å². The fraction of sp³-hybridized carbons (Fsp3) is 0.238. The van der Waals surface area contributed by atoms with E-state index in [2.05, 4.69) is 21.5 Å². The number of carbonyl (C=O) groups excluding carboxylic acids is 1. The van der Waals surface area contributed by atoms with E-state index >= 15 is 0 Å². The Morgan fingerprint density at radius 2 is 2.17 bits per heavy atom. The van der Waals surface area contributed by atoms with Crippen molar-refractivity contribution in [2.45, 2.75) is 18.9 Å². The van der Waals surface area contributed by atoms with Gasteiger partial charge in [0.15, 0.2) is 0 Å². The average molecular weight is 389 g/mol. The van der Waals surface area contributed by atoms with Gasteiger partial charge in [-0.25, -0.2) is 4.79 Å². The van der Waals surface area contributed by atoms with Gasteiger partial charge in [0.1, 0.15) is 11.8 Å². The standard InChI is InChI=1S/C21H19N5O3/c1-28-18-10-3-2-8-16(18)19-24-20(29-25-19)17-9-5-11-26(17)21(27)23-15-7-4-6-14(12-15)13-22/h2-4,6-8,10,12,17H,5,9,11H2,1H3,(H,23,27)/t17-/m1/s1. The molecule has 29 heavy (non-hydrogen) atoms. The van der Waals surface area contributed by atoms with Crippen LogP contribution in [0.1, 0.15) is 30.3 Å². The Bertz CT molecular complexity index is 1070. The Morgan fingerprint density at radius 1 is 1.31 bits per heavy atom. The van der Waals surface area contributed by atoms with Crippen LogP contribution in [0.25, 0.3) is 11.4 Å². The van der Waals surface area contributed by atoms with Crippen molar-refractivity contribution in [1.29, 1.82) is 5.26 Å². The van der Waals surface area contributed by atoms with Crippen LogP contribution in [-0.4, -0.2) is 34.7 Å². The van der Waals surface area contributed by atoms with Crippen LogP contribution >= 0.6 is 0 Å². The minimum atomic E-state index is -0.301. The van der Waals surface area contributed by atoms with Crippen LogP contribution in [0.5, 0.6) is 5.75 Å². The van der Waals surface area contributed by atoms with Gasteiger partial charge in [-0.3, -0.25) is 0 Å². The summed E-state index contributed by atoms with van der Waals surface area (Å²) in [4.78, 5) is 19.0. The van der Waals surface area contributed by atoms with Crippen molar-refractivity contribution in [3.05, 3.63) is 60.0 Å². The lowest BCUT2D eigenvalue weighted by molar-refractivity contribution is 0.193. The van der Waals surface area contributed by atoms with Crippen molar-refractivity contribution in [3.63, 3.8) is 0 Å². The number of nitriles is 1. The number of benzene rings is 2. The summed E-state index contributed by atoms with van der Waals surface area (Å²) in [5.74, 6) is 1.47. The molecule has 0 spiro atoms. The second-order valence-corrected chi connectivity index (χ2v) is 6.63. The molecule has 1 aliphatic rings. The Labute approximate surface area is 167 Å². The maximum atomic E-state index is 12.8. The van der Waals surface area contributed by atoms with Crippen LogP contribution in [0.2, 0.25) is 0 Å². The third kappa shape index (κ3) is 3.75. The number of urea groups is 1. The molecule has 0 unspecified atom stereocenters. The predicted molar refractivity (Wildman–Crippen MR) is 105 cm³/mol. The average Bonchev–Trinajstić information content (AvgIpc) is 3.43. The summed E-state index contributed by atoms with van der Waals surface area (Å²) in [6, 6.07) is 15.7. The van der Waals surface area contributed by atoms with Gasteiger partial charge in [0.25, 0.3) is 0 Å². The maximum Gasteiger partial charge on any atom is 0.322 e. The number of hydrogen-bond acceptors (Lipinski definition) is 6. The van der Waals surface area contributed by atoms with E-state index in [-0.39, 0.29) is 12.1 Å². The molecule has 1 aliphatic heterocycles. The van der Waals surface area contributed by atoms with E-state index < -0.39 is 0 Å². The minimum Gasteiger partial charge on any atom is -0.496 e. The number of likely N-dealkylation sites (tertiary alicyclic amines) is 1. The van der Waals surface area contributed by atoms with Gasteiger partial charge in [-0.05, 0) is 43.2 Å². The molecule has 1 N–H and O–H groups in total. The predicted octanol–water partition coefficient (Wildman–Crippen LogP) is 3.99. The van der Waals surface area contributed by atoms with Gasteiger partial charge in [0.2, 0.25) is 11.7 Å². The third-order valence-electron chi connectivity index (χ3n) is 4.83. The SMILES string of the molecule is COc1ccccc1-c1noc([C@H]2CCCN2C(=O)Nc2cccc(C#N)c2)n1. The van der Waals surface area contributed by atoms with E-state index in [9.17, 15) is 4.79 Å². The number of rotatable bonds is 4. The molecule has 8 nitrogen and oxygen atoms in total. The van der Waals surface area contributed by atoms with Crippen LogP contribution in [0.15, 0.2) is 53.1 Å². The maximum absolute atomic E-state index is 12.8. The van der Waals surface area contributed by atoms with Crippen LogP contribution in [-0.2, 0) is 0 Å². The van der Waals surface area contributed by atoms with Crippen LogP contribution in [0.4, 0.5) is 10.5 Å². The summed E-state index contributed by atoms with van der Waals surface area (Å²) in [5, 5.41) is 15.9. The van der Waals surface area contributed by atoms with Crippen LogP contribution < -0.4 is 10.1 Å². The van der Waals surface area contributed by atoms with Crippen molar-refractivity contribution in [3.8, 4) is 23.2 Å². The quantitative estimate of drug-likeness (QED) is 0.723. The highest BCUT2D eigenvalue weighted by molar-refractivity contribution is 5.90. The molecular weight excluding hydrogens is 370 g/mol. The number of carbonyl (C=O) groups is 1. The normalized spacial score (nSPS) is 15.7. The second-order valence-electron chi connectivity index (χ2n) is 6.63. The third-order valence-corrected chi connectivity index (χ3v) is 4.83. The van der Waals surface area contributed by atoms with E-state index in [4.69, 9.17) is 14.5 Å². The van der Waals surface area contributed by atoms with E-state index in [1.54, 1.807) is 36.3 Å². The zero-order valence-electron chi connectivity index (χ0n) is 15.8. The number of nitrogens with one attached hydrogen (secondary N) is 1. The molecule has 1 fully saturated rings. The Hall–Kier alpha value is -3.86. The molecule has 2 amide bonds. The summed E-state index contributed by atoms with van der Waals surface area (Å²) in [7, 11) is 1.59. The number of hydrogen-bond donors (Lipinski definition) is 1. The molecule has 8 heteroatoms. The second kappa shape index (κ2) is 8.02. The molecule has 0 bridgehead atoms. The lowest BCUT2D eigenvalue weighted by Crippen LogP contribution is -2.34. The molecule has 0 saturated carbocycles. The van der Waals surface area contributed by atoms with Crippen LogP contribution in [0, 0.1) is 11.3 Å².